The molecule has 1 rings (SSSR count). The van der Waals surface area contributed by atoms with Crippen LogP contribution < -0.4 is 0 Å². The summed E-state index contributed by atoms with van der Waals surface area (Å²) in [5.74, 6) is 0. The van der Waals surface area contributed by atoms with E-state index in [1.165, 1.54) is 5.56 Å². The molecule has 0 unspecified atom stereocenters. The number of unbranched alkanes of at least 4 members (excludes halogenated alkanes) is 1. The van der Waals surface area contributed by atoms with Gasteiger partial charge in [0.05, 0.1) is 0 Å². The highest BCUT2D eigenvalue weighted by Crippen LogP contribution is 2.01. The Morgan fingerprint density at radius 3 is 2.55 bits per heavy atom. The van der Waals surface area contributed by atoms with Crippen molar-refractivity contribution in [3.8, 4) is 0 Å². The molecule has 0 atom stereocenters. The summed E-state index contributed by atoms with van der Waals surface area (Å²) < 4.78 is 0. The maximum atomic E-state index is 8.53. The van der Waals surface area contributed by atoms with E-state index < -0.39 is 0 Å². The Labute approximate surface area is 66.9 Å². The number of aryl methyl sites for hydroxylation is 1. The summed E-state index contributed by atoms with van der Waals surface area (Å²) in [6, 6.07) is 4.02. The summed E-state index contributed by atoms with van der Waals surface area (Å²) in [4.78, 5) is 3.92. The Hall–Kier alpha value is -0.890. The van der Waals surface area contributed by atoms with Gasteiger partial charge in [-0.05, 0) is 37.0 Å². The van der Waals surface area contributed by atoms with Gasteiger partial charge in [0.15, 0.2) is 0 Å². The molecule has 0 aliphatic rings. The lowest BCUT2D eigenvalue weighted by atomic mass is 10.1. The number of aromatic nitrogens is 1. The van der Waals surface area contributed by atoms with Crippen LogP contribution in [0.1, 0.15) is 18.4 Å². The maximum Gasteiger partial charge on any atom is 0.0431 e. The molecule has 0 saturated carbocycles. The molecule has 0 fully saturated rings. The third-order valence-electron chi connectivity index (χ3n) is 1.62. The van der Waals surface area contributed by atoms with E-state index in [1.54, 1.807) is 12.4 Å². The minimum Gasteiger partial charge on any atom is -0.396 e. The van der Waals surface area contributed by atoms with Gasteiger partial charge in [-0.3, -0.25) is 4.98 Å². The highest BCUT2D eigenvalue weighted by molar-refractivity contribution is 5.09. The number of nitrogens with zero attached hydrogens (tertiary/aromatic N) is 1. The number of hydrogen-bond donors (Lipinski definition) is 1. The van der Waals surface area contributed by atoms with Crippen molar-refractivity contribution >= 4 is 0 Å². The minimum absolute atomic E-state index is 0.297. The SMILES string of the molecule is OCCCCc1ccncc1. The van der Waals surface area contributed by atoms with Crippen molar-refractivity contribution in [2.45, 2.75) is 19.3 Å². The van der Waals surface area contributed by atoms with Gasteiger partial charge >= 0.3 is 0 Å². The van der Waals surface area contributed by atoms with Crippen molar-refractivity contribution in [1.82, 2.24) is 4.98 Å². The molecule has 60 valence electrons. The standard InChI is InChI=1S/C9H13NO/c11-8-2-1-3-9-4-6-10-7-5-9/h4-7,11H,1-3,8H2. The summed E-state index contributed by atoms with van der Waals surface area (Å²) in [5, 5.41) is 8.53. The van der Waals surface area contributed by atoms with Crippen molar-refractivity contribution in [2.75, 3.05) is 6.61 Å². The predicted molar refractivity (Wildman–Crippen MR) is 44.3 cm³/mol. The molecule has 1 aromatic heterocycles. The van der Waals surface area contributed by atoms with Gasteiger partial charge in [0.1, 0.15) is 0 Å². The second-order valence-corrected chi connectivity index (χ2v) is 2.54. The van der Waals surface area contributed by atoms with E-state index in [-0.39, 0.29) is 0 Å². The van der Waals surface area contributed by atoms with Gasteiger partial charge in [0.25, 0.3) is 0 Å². The van der Waals surface area contributed by atoms with Crippen LogP contribution in [-0.2, 0) is 6.42 Å². The van der Waals surface area contributed by atoms with E-state index in [9.17, 15) is 0 Å². The fraction of sp³-hybridized carbons (Fsp3) is 0.444. The second-order valence-electron chi connectivity index (χ2n) is 2.54. The second kappa shape index (κ2) is 4.85. The zero-order chi connectivity index (χ0) is 7.94. The van der Waals surface area contributed by atoms with Crippen molar-refractivity contribution in [3.05, 3.63) is 30.1 Å². The molecule has 0 aliphatic carbocycles. The van der Waals surface area contributed by atoms with Crippen molar-refractivity contribution in [2.24, 2.45) is 0 Å². The van der Waals surface area contributed by atoms with Gasteiger partial charge in [-0.1, -0.05) is 0 Å². The first kappa shape index (κ1) is 8.21. The van der Waals surface area contributed by atoms with Crippen LogP contribution in [0.3, 0.4) is 0 Å². The monoisotopic (exact) mass is 151 g/mol. The first-order chi connectivity index (χ1) is 5.43. The molecule has 0 aliphatic heterocycles. The fourth-order valence-corrected chi connectivity index (χ4v) is 0.990. The molecule has 1 N–H and O–H groups in total. The highest BCUT2D eigenvalue weighted by atomic mass is 16.2. The molecule has 0 saturated heterocycles. The smallest absolute Gasteiger partial charge is 0.0431 e. The lowest BCUT2D eigenvalue weighted by Gasteiger charge is -1.97. The van der Waals surface area contributed by atoms with Gasteiger partial charge in [0.2, 0.25) is 0 Å². The predicted octanol–water partition coefficient (Wildman–Crippen LogP) is 1.40. The number of pyridine rings is 1. The summed E-state index contributed by atoms with van der Waals surface area (Å²) in [5.41, 5.74) is 1.30. The number of hydrogen-bond acceptors (Lipinski definition) is 2. The molecule has 0 aromatic carbocycles. The quantitative estimate of drug-likeness (QED) is 0.660. The Bertz CT molecular complexity index is 186. The summed E-state index contributed by atoms with van der Waals surface area (Å²) >= 11 is 0. The molecular weight excluding hydrogens is 138 g/mol. The van der Waals surface area contributed by atoms with Crippen LogP contribution in [0.15, 0.2) is 24.5 Å². The number of rotatable bonds is 4. The van der Waals surface area contributed by atoms with Crippen molar-refractivity contribution < 1.29 is 5.11 Å². The Balaban J connectivity index is 2.28. The Kier molecular flexibility index (Phi) is 3.62. The van der Waals surface area contributed by atoms with E-state index in [0.717, 1.165) is 19.3 Å². The van der Waals surface area contributed by atoms with E-state index in [0.29, 0.717) is 6.61 Å². The van der Waals surface area contributed by atoms with Crippen molar-refractivity contribution in [1.29, 1.82) is 0 Å². The molecule has 0 spiro atoms. The van der Waals surface area contributed by atoms with Crippen LogP contribution in [0.2, 0.25) is 0 Å². The first-order valence-corrected chi connectivity index (χ1v) is 3.93. The van der Waals surface area contributed by atoms with Gasteiger partial charge in [-0.2, -0.15) is 0 Å². The van der Waals surface area contributed by atoms with Gasteiger partial charge in [-0.15, -0.1) is 0 Å². The first-order valence-electron chi connectivity index (χ1n) is 3.93. The Morgan fingerprint density at radius 1 is 1.18 bits per heavy atom. The van der Waals surface area contributed by atoms with Crippen molar-refractivity contribution in [3.63, 3.8) is 0 Å². The molecule has 2 heteroatoms. The van der Waals surface area contributed by atoms with Crippen LogP contribution in [0.5, 0.6) is 0 Å². The molecule has 0 radical (unpaired) electrons. The lowest BCUT2D eigenvalue weighted by molar-refractivity contribution is 0.284. The van der Waals surface area contributed by atoms with Crippen LogP contribution in [-0.4, -0.2) is 16.7 Å². The van der Waals surface area contributed by atoms with E-state index in [4.69, 9.17) is 5.11 Å². The summed E-state index contributed by atoms with van der Waals surface area (Å²) in [6.07, 6.45) is 6.59. The average molecular weight is 151 g/mol. The Morgan fingerprint density at radius 2 is 1.91 bits per heavy atom. The molecule has 0 amide bonds. The highest BCUT2D eigenvalue weighted by Gasteiger charge is 1.90. The normalized spacial score (nSPS) is 9.91. The summed E-state index contributed by atoms with van der Waals surface area (Å²) in [6.45, 7) is 0.297. The zero-order valence-electron chi connectivity index (χ0n) is 6.53. The third kappa shape index (κ3) is 3.14. The number of aliphatic hydroxyl groups is 1. The summed E-state index contributed by atoms with van der Waals surface area (Å²) in [7, 11) is 0. The van der Waals surface area contributed by atoms with Gasteiger partial charge in [0, 0.05) is 19.0 Å². The van der Waals surface area contributed by atoms with Gasteiger partial charge < -0.3 is 5.11 Å². The van der Waals surface area contributed by atoms with Crippen LogP contribution in [0, 0.1) is 0 Å². The van der Waals surface area contributed by atoms with E-state index in [1.807, 2.05) is 12.1 Å². The van der Waals surface area contributed by atoms with Crippen LogP contribution >= 0.6 is 0 Å². The number of aliphatic hydroxyl groups excluding tert-OH is 1. The fourth-order valence-electron chi connectivity index (χ4n) is 0.990. The van der Waals surface area contributed by atoms with Gasteiger partial charge in [-0.25, -0.2) is 0 Å². The minimum atomic E-state index is 0.297. The third-order valence-corrected chi connectivity index (χ3v) is 1.62. The van der Waals surface area contributed by atoms with E-state index >= 15 is 0 Å². The average Bonchev–Trinajstić information content (AvgIpc) is 2.07. The maximum absolute atomic E-state index is 8.53. The molecular formula is C9H13NO. The van der Waals surface area contributed by atoms with Crippen LogP contribution in [0.4, 0.5) is 0 Å². The zero-order valence-corrected chi connectivity index (χ0v) is 6.53. The topological polar surface area (TPSA) is 33.1 Å². The van der Waals surface area contributed by atoms with Crippen LogP contribution in [0.25, 0.3) is 0 Å². The molecule has 0 bridgehead atoms. The van der Waals surface area contributed by atoms with E-state index in [2.05, 4.69) is 4.98 Å². The molecule has 1 aromatic rings. The molecule has 11 heavy (non-hydrogen) atoms. The molecule has 1 heterocycles. The lowest BCUT2D eigenvalue weighted by Crippen LogP contribution is -1.88. The molecule has 2 nitrogen and oxygen atoms in total. The largest absolute Gasteiger partial charge is 0.396 e.